The van der Waals surface area contributed by atoms with Crippen molar-refractivity contribution in [3.63, 3.8) is 0 Å². The van der Waals surface area contributed by atoms with Crippen LogP contribution in [0.25, 0.3) is 0 Å². The van der Waals surface area contributed by atoms with E-state index < -0.39 is 0 Å². The second-order valence-electron chi connectivity index (χ2n) is 4.24. The quantitative estimate of drug-likeness (QED) is 0.717. The van der Waals surface area contributed by atoms with E-state index in [-0.39, 0.29) is 0 Å². The Bertz CT molecular complexity index is 136. The number of piperazine rings is 1. The van der Waals surface area contributed by atoms with Crippen molar-refractivity contribution < 1.29 is 0 Å². The van der Waals surface area contributed by atoms with Gasteiger partial charge in [0.1, 0.15) is 0 Å². The lowest BCUT2D eigenvalue weighted by Gasteiger charge is -2.38. The minimum Gasteiger partial charge on any atom is -0.311 e. The first-order chi connectivity index (χ1) is 6.27. The largest absolute Gasteiger partial charge is 0.311 e. The molecule has 1 saturated heterocycles. The van der Waals surface area contributed by atoms with E-state index in [4.69, 9.17) is 0 Å². The van der Waals surface area contributed by atoms with Crippen LogP contribution < -0.4 is 5.32 Å². The Labute approximate surface area is 82.7 Å². The average molecular weight is 184 g/mol. The highest BCUT2D eigenvalue weighted by molar-refractivity contribution is 4.83. The van der Waals surface area contributed by atoms with E-state index in [1.807, 2.05) is 0 Å². The van der Waals surface area contributed by atoms with Gasteiger partial charge in [-0.05, 0) is 26.3 Å². The van der Waals surface area contributed by atoms with Crippen LogP contribution in [0.4, 0.5) is 0 Å². The van der Waals surface area contributed by atoms with E-state index in [2.05, 4.69) is 31.0 Å². The van der Waals surface area contributed by atoms with Crippen LogP contribution in [-0.4, -0.2) is 36.6 Å². The molecular formula is C11H24N2. The molecule has 1 N–H and O–H groups in total. The first-order valence-corrected chi connectivity index (χ1v) is 5.75. The summed E-state index contributed by atoms with van der Waals surface area (Å²) in [6.07, 6.45) is 3.90. The molecule has 0 bridgehead atoms. The summed E-state index contributed by atoms with van der Waals surface area (Å²) in [6.45, 7) is 10.6. The fourth-order valence-electron chi connectivity index (χ4n) is 2.13. The molecule has 0 aromatic rings. The van der Waals surface area contributed by atoms with Crippen LogP contribution in [0.15, 0.2) is 0 Å². The van der Waals surface area contributed by atoms with Crippen molar-refractivity contribution in [3.8, 4) is 0 Å². The highest BCUT2D eigenvalue weighted by atomic mass is 15.2. The van der Waals surface area contributed by atoms with E-state index in [1.54, 1.807) is 0 Å². The Balaban J connectivity index is 2.33. The van der Waals surface area contributed by atoms with E-state index >= 15 is 0 Å². The number of hydrogen-bond acceptors (Lipinski definition) is 2. The third-order valence-electron chi connectivity index (χ3n) is 2.93. The summed E-state index contributed by atoms with van der Waals surface area (Å²) >= 11 is 0. The SMILES string of the molecule is CCCC1CN(CCC)C(C)CN1. The van der Waals surface area contributed by atoms with Gasteiger partial charge < -0.3 is 5.32 Å². The van der Waals surface area contributed by atoms with Crippen LogP contribution in [0.2, 0.25) is 0 Å². The van der Waals surface area contributed by atoms with Gasteiger partial charge in [0.15, 0.2) is 0 Å². The second-order valence-corrected chi connectivity index (χ2v) is 4.24. The molecule has 0 aliphatic carbocycles. The molecule has 1 rings (SSSR count). The van der Waals surface area contributed by atoms with Crippen LogP contribution in [0.3, 0.4) is 0 Å². The monoisotopic (exact) mass is 184 g/mol. The smallest absolute Gasteiger partial charge is 0.0195 e. The van der Waals surface area contributed by atoms with E-state index in [1.165, 1.54) is 38.9 Å². The van der Waals surface area contributed by atoms with Gasteiger partial charge in [-0.1, -0.05) is 20.3 Å². The Morgan fingerprint density at radius 3 is 2.69 bits per heavy atom. The van der Waals surface area contributed by atoms with Gasteiger partial charge in [-0.3, -0.25) is 4.90 Å². The van der Waals surface area contributed by atoms with Crippen LogP contribution >= 0.6 is 0 Å². The predicted molar refractivity (Wildman–Crippen MR) is 58.0 cm³/mol. The maximum Gasteiger partial charge on any atom is 0.0195 e. The van der Waals surface area contributed by atoms with Crippen molar-refractivity contribution in [2.24, 2.45) is 0 Å². The van der Waals surface area contributed by atoms with Gasteiger partial charge in [0.05, 0.1) is 0 Å². The molecule has 2 unspecified atom stereocenters. The topological polar surface area (TPSA) is 15.3 Å². The van der Waals surface area contributed by atoms with Crippen molar-refractivity contribution in [1.29, 1.82) is 0 Å². The summed E-state index contributed by atoms with van der Waals surface area (Å²) in [5.74, 6) is 0. The average Bonchev–Trinajstić information content (AvgIpc) is 2.12. The fourth-order valence-corrected chi connectivity index (χ4v) is 2.13. The van der Waals surface area contributed by atoms with Crippen LogP contribution in [0.1, 0.15) is 40.0 Å². The van der Waals surface area contributed by atoms with Crippen molar-refractivity contribution in [1.82, 2.24) is 10.2 Å². The fraction of sp³-hybridized carbons (Fsp3) is 1.00. The third kappa shape index (κ3) is 3.28. The summed E-state index contributed by atoms with van der Waals surface area (Å²) in [5, 5.41) is 3.62. The molecular weight excluding hydrogens is 160 g/mol. The first kappa shape index (κ1) is 11.0. The Morgan fingerprint density at radius 2 is 2.08 bits per heavy atom. The minimum absolute atomic E-state index is 0.730. The summed E-state index contributed by atoms with van der Waals surface area (Å²) < 4.78 is 0. The van der Waals surface area contributed by atoms with Gasteiger partial charge in [0.2, 0.25) is 0 Å². The molecule has 0 radical (unpaired) electrons. The Hall–Kier alpha value is -0.0800. The number of hydrogen-bond donors (Lipinski definition) is 1. The molecule has 0 aromatic heterocycles. The minimum atomic E-state index is 0.730. The lowest BCUT2D eigenvalue weighted by molar-refractivity contribution is 0.137. The molecule has 0 saturated carbocycles. The zero-order chi connectivity index (χ0) is 9.68. The first-order valence-electron chi connectivity index (χ1n) is 5.75. The Morgan fingerprint density at radius 1 is 1.31 bits per heavy atom. The predicted octanol–water partition coefficient (Wildman–Crippen LogP) is 1.86. The zero-order valence-corrected chi connectivity index (χ0v) is 9.34. The maximum absolute atomic E-state index is 3.62. The van der Waals surface area contributed by atoms with Crippen molar-refractivity contribution >= 4 is 0 Å². The molecule has 2 heteroatoms. The molecule has 1 heterocycles. The molecule has 2 nitrogen and oxygen atoms in total. The van der Waals surface area contributed by atoms with Gasteiger partial charge in [-0.2, -0.15) is 0 Å². The molecule has 1 fully saturated rings. The van der Waals surface area contributed by atoms with Gasteiger partial charge in [0.25, 0.3) is 0 Å². The lowest BCUT2D eigenvalue weighted by atomic mass is 10.1. The number of nitrogens with one attached hydrogen (secondary N) is 1. The van der Waals surface area contributed by atoms with Crippen molar-refractivity contribution in [2.45, 2.75) is 52.1 Å². The lowest BCUT2D eigenvalue weighted by Crippen LogP contribution is -2.55. The van der Waals surface area contributed by atoms with Crippen molar-refractivity contribution in [3.05, 3.63) is 0 Å². The van der Waals surface area contributed by atoms with E-state index in [0.717, 1.165) is 12.1 Å². The summed E-state index contributed by atoms with van der Waals surface area (Å²) in [6, 6.07) is 1.47. The normalized spacial score (nSPS) is 30.7. The molecule has 1 aliphatic rings. The van der Waals surface area contributed by atoms with Gasteiger partial charge in [0, 0.05) is 25.2 Å². The maximum atomic E-state index is 3.62. The molecule has 13 heavy (non-hydrogen) atoms. The molecule has 0 amide bonds. The van der Waals surface area contributed by atoms with Crippen LogP contribution in [-0.2, 0) is 0 Å². The Kier molecular flexibility index (Phi) is 4.74. The number of rotatable bonds is 4. The van der Waals surface area contributed by atoms with E-state index in [9.17, 15) is 0 Å². The van der Waals surface area contributed by atoms with Gasteiger partial charge in [-0.25, -0.2) is 0 Å². The highest BCUT2D eigenvalue weighted by Crippen LogP contribution is 2.10. The molecule has 1 aliphatic heterocycles. The van der Waals surface area contributed by atoms with Gasteiger partial charge >= 0.3 is 0 Å². The summed E-state index contributed by atoms with van der Waals surface area (Å²) in [7, 11) is 0. The van der Waals surface area contributed by atoms with Crippen LogP contribution in [0.5, 0.6) is 0 Å². The molecule has 78 valence electrons. The molecule has 0 spiro atoms. The molecule has 2 atom stereocenters. The highest BCUT2D eigenvalue weighted by Gasteiger charge is 2.22. The molecule has 0 aromatic carbocycles. The second kappa shape index (κ2) is 5.61. The van der Waals surface area contributed by atoms with Gasteiger partial charge in [-0.15, -0.1) is 0 Å². The zero-order valence-electron chi connectivity index (χ0n) is 9.34. The van der Waals surface area contributed by atoms with Crippen LogP contribution in [0, 0.1) is 0 Å². The van der Waals surface area contributed by atoms with E-state index in [0.29, 0.717) is 0 Å². The third-order valence-corrected chi connectivity index (χ3v) is 2.93. The summed E-state index contributed by atoms with van der Waals surface area (Å²) in [4.78, 5) is 2.62. The van der Waals surface area contributed by atoms with Crippen molar-refractivity contribution in [2.75, 3.05) is 19.6 Å². The number of nitrogens with zero attached hydrogens (tertiary/aromatic N) is 1. The standard InChI is InChI=1S/C11H24N2/c1-4-6-11-9-13(7-5-2)10(3)8-12-11/h10-12H,4-9H2,1-3H3. The summed E-state index contributed by atoms with van der Waals surface area (Å²) in [5.41, 5.74) is 0.